The van der Waals surface area contributed by atoms with Crippen LogP contribution in [0.4, 0.5) is 0 Å². The first kappa shape index (κ1) is 30.2. The molecular weight excluding hydrogens is 454 g/mol. The summed E-state index contributed by atoms with van der Waals surface area (Å²) >= 11 is 0. The predicted molar refractivity (Wildman–Crippen MR) is 148 cm³/mol. The number of carbonyl (C=O) groups is 1. The minimum absolute atomic E-state index is 0.00926. The summed E-state index contributed by atoms with van der Waals surface area (Å²) in [6.07, 6.45) is 9.71. The number of nitrogens with two attached hydrogens (primary N) is 1. The predicted octanol–water partition coefficient (Wildman–Crippen LogP) is 1.98. The highest BCUT2D eigenvalue weighted by atomic mass is 16.5. The summed E-state index contributed by atoms with van der Waals surface area (Å²) in [6.45, 7) is 8.72. The molecule has 0 saturated heterocycles. The quantitative estimate of drug-likeness (QED) is 0.0912. The normalized spacial score (nSPS) is 11.5. The number of para-hydroxylation sites is 1. The van der Waals surface area contributed by atoms with Crippen molar-refractivity contribution in [3.05, 3.63) is 36.0 Å². The summed E-state index contributed by atoms with van der Waals surface area (Å²) in [7, 11) is 0. The molecule has 1 aromatic carbocycles. The van der Waals surface area contributed by atoms with Gasteiger partial charge in [-0.25, -0.2) is 0 Å². The van der Waals surface area contributed by atoms with Gasteiger partial charge in [0.15, 0.2) is 0 Å². The number of aromatic amines is 1. The minimum Gasteiger partial charge on any atom is -0.361 e. The third-order valence-electron chi connectivity index (χ3n) is 6.18. The van der Waals surface area contributed by atoms with Gasteiger partial charge in [0, 0.05) is 36.7 Å². The molecule has 9 heteroatoms. The molecule has 1 heterocycles. The summed E-state index contributed by atoms with van der Waals surface area (Å²) < 4.78 is 0. The highest BCUT2D eigenvalue weighted by molar-refractivity contribution is 5.88. The maximum absolute atomic E-state index is 12.2. The van der Waals surface area contributed by atoms with Crippen molar-refractivity contribution in [1.82, 2.24) is 31.3 Å². The second-order valence-corrected chi connectivity index (χ2v) is 9.35. The van der Waals surface area contributed by atoms with Gasteiger partial charge in [0.2, 0.25) is 5.91 Å². The van der Waals surface area contributed by atoms with Crippen molar-refractivity contribution in [3.8, 4) is 0 Å². The van der Waals surface area contributed by atoms with Crippen LogP contribution in [0, 0.1) is 0 Å². The molecule has 0 spiro atoms. The monoisotopic (exact) mass is 503 g/mol. The van der Waals surface area contributed by atoms with Gasteiger partial charge in [0.1, 0.15) is 0 Å². The SMILES string of the molecule is NCCCNCCCCNCCCCNCCCN(O)CCCNC(=O)Cc1c[nH]c2ccccc12. The molecule has 8 N–H and O–H groups in total. The molecule has 0 aliphatic carbocycles. The molecule has 0 bridgehead atoms. The van der Waals surface area contributed by atoms with Gasteiger partial charge in [-0.05, 0) is 102 Å². The van der Waals surface area contributed by atoms with Gasteiger partial charge in [-0.15, -0.1) is 0 Å². The fraction of sp³-hybridized carbons (Fsp3) is 0.667. The highest BCUT2D eigenvalue weighted by Gasteiger charge is 2.08. The van der Waals surface area contributed by atoms with E-state index in [2.05, 4.69) is 26.3 Å². The molecule has 1 amide bonds. The molecular formula is C27H49N7O2. The minimum atomic E-state index is 0.00926. The Kier molecular flexibility index (Phi) is 16.9. The van der Waals surface area contributed by atoms with Crippen LogP contribution in [0.25, 0.3) is 10.9 Å². The van der Waals surface area contributed by atoms with Gasteiger partial charge in [0.25, 0.3) is 0 Å². The summed E-state index contributed by atoms with van der Waals surface area (Å²) in [6, 6.07) is 8.00. The topological polar surface area (TPSA) is 130 Å². The van der Waals surface area contributed by atoms with Gasteiger partial charge >= 0.3 is 0 Å². The van der Waals surface area contributed by atoms with Gasteiger partial charge in [-0.1, -0.05) is 18.2 Å². The number of rotatable bonds is 23. The van der Waals surface area contributed by atoms with E-state index in [1.165, 1.54) is 24.3 Å². The molecule has 0 radical (unpaired) electrons. The van der Waals surface area contributed by atoms with Crippen LogP contribution < -0.4 is 27.0 Å². The lowest BCUT2D eigenvalue weighted by atomic mass is 10.1. The number of unbranched alkanes of at least 4 members (excludes halogenated alkanes) is 2. The lowest BCUT2D eigenvalue weighted by Crippen LogP contribution is -2.30. The Hall–Kier alpha value is -2.01. The van der Waals surface area contributed by atoms with Crippen molar-refractivity contribution in [3.63, 3.8) is 0 Å². The van der Waals surface area contributed by atoms with E-state index in [4.69, 9.17) is 5.73 Å². The number of hydrogen-bond acceptors (Lipinski definition) is 7. The molecule has 204 valence electrons. The molecule has 0 atom stereocenters. The average molecular weight is 504 g/mol. The Morgan fingerprint density at radius 2 is 1.36 bits per heavy atom. The van der Waals surface area contributed by atoms with Crippen molar-refractivity contribution in [2.24, 2.45) is 5.73 Å². The molecule has 0 unspecified atom stereocenters. The lowest BCUT2D eigenvalue weighted by molar-refractivity contribution is -0.120. The Labute approximate surface area is 216 Å². The number of hydrogen-bond donors (Lipinski definition) is 7. The number of nitrogens with one attached hydrogen (secondary N) is 5. The Balaban J connectivity index is 1.32. The number of H-pyrrole nitrogens is 1. The first-order chi connectivity index (χ1) is 17.7. The maximum Gasteiger partial charge on any atom is 0.224 e. The van der Waals surface area contributed by atoms with Gasteiger partial charge < -0.3 is 37.2 Å². The van der Waals surface area contributed by atoms with Crippen LogP contribution in [0.1, 0.15) is 50.5 Å². The molecule has 0 aliphatic heterocycles. The van der Waals surface area contributed by atoms with E-state index in [1.54, 1.807) is 0 Å². The zero-order valence-electron chi connectivity index (χ0n) is 22.0. The summed E-state index contributed by atoms with van der Waals surface area (Å²) in [5.41, 5.74) is 7.53. The highest BCUT2D eigenvalue weighted by Crippen LogP contribution is 2.17. The number of nitrogens with zero attached hydrogens (tertiary/aromatic N) is 1. The molecule has 2 aromatic rings. The standard InChI is InChI=1S/C27H49N7O2/c28-12-7-17-30-15-5-3-13-29-14-4-6-16-31-18-8-20-34(36)21-9-19-32-27(35)22-24-23-33-26-11-2-1-10-25(24)26/h1-2,10-11,23,29-31,33,36H,3-9,12-22,28H2,(H,32,35). The fourth-order valence-electron chi connectivity index (χ4n) is 4.10. The average Bonchev–Trinajstić information content (AvgIpc) is 3.29. The Bertz CT molecular complexity index is 814. The largest absolute Gasteiger partial charge is 0.361 e. The molecule has 9 nitrogen and oxygen atoms in total. The lowest BCUT2D eigenvalue weighted by Gasteiger charge is -2.15. The van der Waals surface area contributed by atoms with E-state index in [0.29, 0.717) is 26.1 Å². The van der Waals surface area contributed by atoms with Crippen LogP contribution in [0.3, 0.4) is 0 Å². The molecule has 0 aliphatic rings. The molecule has 0 fully saturated rings. The Morgan fingerprint density at radius 3 is 2.00 bits per heavy atom. The fourth-order valence-corrected chi connectivity index (χ4v) is 4.10. The molecule has 1 aromatic heterocycles. The van der Waals surface area contributed by atoms with Crippen molar-refractivity contribution in [1.29, 1.82) is 0 Å². The van der Waals surface area contributed by atoms with E-state index < -0.39 is 0 Å². The van der Waals surface area contributed by atoms with Crippen molar-refractivity contribution in [2.45, 2.75) is 51.4 Å². The van der Waals surface area contributed by atoms with Gasteiger partial charge in [-0.2, -0.15) is 5.06 Å². The van der Waals surface area contributed by atoms with Crippen molar-refractivity contribution < 1.29 is 10.0 Å². The smallest absolute Gasteiger partial charge is 0.224 e. The van der Waals surface area contributed by atoms with Crippen LogP contribution in [-0.4, -0.2) is 86.6 Å². The summed E-state index contributed by atoms with van der Waals surface area (Å²) in [5.74, 6) is 0.00926. The van der Waals surface area contributed by atoms with E-state index >= 15 is 0 Å². The van der Waals surface area contributed by atoms with Crippen LogP contribution in [0.2, 0.25) is 0 Å². The number of benzene rings is 1. The number of hydroxylamine groups is 2. The molecule has 36 heavy (non-hydrogen) atoms. The number of carbonyl (C=O) groups excluding carboxylic acids is 1. The third-order valence-corrected chi connectivity index (χ3v) is 6.18. The second kappa shape index (κ2) is 20.1. The van der Waals surface area contributed by atoms with Crippen LogP contribution >= 0.6 is 0 Å². The maximum atomic E-state index is 12.2. The van der Waals surface area contributed by atoms with Crippen LogP contribution in [-0.2, 0) is 11.2 Å². The molecule has 0 saturated carbocycles. The third kappa shape index (κ3) is 13.9. The van der Waals surface area contributed by atoms with E-state index in [9.17, 15) is 10.0 Å². The number of fused-ring (bicyclic) bond motifs is 1. The van der Waals surface area contributed by atoms with Crippen LogP contribution in [0.5, 0.6) is 0 Å². The summed E-state index contributed by atoms with van der Waals surface area (Å²) in [5, 5.41) is 25.8. The van der Waals surface area contributed by atoms with Crippen LogP contribution in [0.15, 0.2) is 30.5 Å². The van der Waals surface area contributed by atoms with Crippen molar-refractivity contribution >= 4 is 16.8 Å². The second-order valence-electron chi connectivity index (χ2n) is 9.35. The Morgan fingerprint density at radius 1 is 0.806 bits per heavy atom. The number of aromatic nitrogens is 1. The van der Waals surface area contributed by atoms with Gasteiger partial charge in [-0.3, -0.25) is 4.79 Å². The first-order valence-electron chi connectivity index (χ1n) is 13.8. The summed E-state index contributed by atoms with van der Waals surface area (Å²) in [4.78, 5) is 15.4. The molecule has 2 rings (SSSR count). The number of amides is 1. The first-order valence-corrected chi connectivity index (χ1v) is 13.8. The van der Waals surface area contributed by atoms with E-state index in [1.807, 2.05) is 30.5 Å². The van der Waals surface area contributed by atoms with E-state index in [-0.39, 0.29) is 5.91 Å². The van der Waals surface area contributed by atoms with Gasteiger partial charge in [0.05, 0.1) is 6.42 Å². The van der Waals surface area contributed by atoms with E-state index in [0.717, 1.165) is 88.0 Å². The zero-order chi connectivity index (χ0) is 25.7. The zero-order valence-corrected chi connectivity index (χ0v) is 22.0. The van der Waals surface area contributed by atoms with Crippen molar-refractivity contribution in [2.75, 3.05) is 65.4 Å².